The number of aromatic nitrogens is 2. The van der Waals surface area contributed by atoms with E-state index in [9.17, 15) is 4.79 Å². The van der Waals surface area contributed by atoms with E-state index in [0.717, 1.165) is 22.2 Å². The summed E-state index contributed by atoms with van der Waals surface area (Å²) in [5, 5.41) is 8.83. The normalized spacial score (nSPS) is 17.6. The van der Waals surface area contributed by atoms with Gasteiger partial charge in [0.15, 0.2) is 10.3 Å². The SMILES string of the molecule is N=C(N)SCC1CSc2nc(=O)c3ccccc3n21. The van der Waals surface area contributed by atoms with Crippen molar-refractivity contribution >= 4 is 39.6 Å². The predicted octanol–water partition coefficient (Wildman–Crippen LogP) is 1.67. The van der Waals surface area contributed by atoms with E-state index in [1.54, 1.807) is 17.8 Å². The highest BCUT2D eigenvalue weighted by atomic mass is 32.2. The minimum Gasteiger partial charge on any atom is -0.379 e. The van der Waals surface area contributed by atoms with Crippen LogP contribution in [0.4, 0.5) is 0 Å². The quantitative estimate of drug-likeness (QED) is 0.499. The summed E-state index contributed by atoms with van der Waals surface area (Å²) in [4.78, 5) is 16.0. The fourth-order valence-corrected chi connectivity index (χ4v) is 4.11. The first-order valence-electron chi connectivity index (χ1n) is 5.77. The van der Waals surface area contributed by atoms with Gasteiger partial charge in [-0.15, -0.1) is 0 Å². The molecular formula is C12H12N4OS2. The summed E-state index contributed by atoms with van der Waals surface area (Å²) < 4.78 is 2.09. The lowest BCUT2D eigenvalue weighted by atomic mass is 10.2. The molecule has 0 saturated carbocycles. The molecule has 1 aromatic carbocycles. The second-order valence-corrected chi connectivity index (χ2v) is 6.28. The van der Waals surface area contributed by atoms with E-state index in [2.05, 4.69) is 9.55 Å². The summed E-state index contributed by atoms with van der Waals surface area (Å²) in [6.07, 6.45) is 0. The molecule has 0 amide bonds. The molecule has 0 spiro atoms. The highest BCUT2D eigenvalue weighted by molar-refractivity contribution is 8.13. The number of fused-ring (bicyclic) bond motifs is 3. The molecule has 0 bridgehead atoms. The largest absolute Gasteiger partial charge is 0.379 e. The molecule has 98 valence electrons. The molecule has 3 N–H and O–H groups in total. The molecule has 0 fully saturated rings. The Morgan fingerprint density at radius 2 is 2.37 bits per heavy atom. The number of nitrogens with two attached hydrogens (primary N) is 1. The maximum Gasteiger partial charge on any atom is 0.281 e. The first-order chi connectivity index (χ1) is 9.16. The van der Waals surface area contributed by atoms with Gasteiger partial charge in [0.2, 0.25) is 0 Å². The predicted molar refractivity (Wildman–Crippen MR) is 80.1 cm³/mol. The fourth-order valence-electron chi connectivity index (χ4n) is 2.18. The Morgan fingerprint density at radius 3 is 3.16 bits per heavy atom. The molecule has 1 aliphatic heterocycles. The van der Waals surface area contributed by atoms with Crippen molar-refractivity contribution in [2.75, 3.05) is 11.5 Å². The molecule has 3 rings (SSSR count). The third-order valence-electron chi connectivity index (χ3n) is 3.00. The molecule has 0 radical (unpaired) electrons. The van der Waals surface area contributed by atoms with E-state index in [0.29, 0.717) is 5.39 Å². The topological polar surface area (TPSA) is 84.8 Å². The third-order valence-corrected chi connectivity index (χ3v) is 4.96. The van der Waals surface area contributed by atoms with E-state index in [1.807, 2.05) is 18.2 Å². The van der Waals surface area contributed by atoms with E-state index >= 15 is 0 Å². The minimum atomic E-state index is -0.172. The third kappa shape index (κ3) is 2.23. The monoisotopic (exact) mass is 292 g/mol. The Labute approximate surface area is 118 Å². The molecule has 2 aromatic rings. The van der Waals surface area contributed by atoms with Crippen LogP contribution in [0.25, 0.3) is 10.9 Å². The molecule has 1 unspecified atom stereocenters. The average Bonchev–Trinajstić information content (AvgIpc) is 2.80. The van der Waals surface area contributed by atoms with Gasteiger partial charge >= 0.3 is 0 Å². The lowest BCUT2D eigenvalue weighted by molar-refractivity contribution is 0.592. The summed E-state index contributed by atoms with van der Waals surface area (Å²) in [5.41, 5.74) is 6.13. The number of thioether (sulfide) groups is 2. The van der Waals surface area contributed by atoms with Crippen LogP contribution in [0.1, 0.15) is 6.04 Å². The van der Waals surface area contributed by atoms with Crippen molar-refractivity contribution in [2.24, 2.45) is 5.73 Å². The van der Waals surface area contributed by atoms with Gasteiger partial charge in [0, 0.05) is 11.5 Å². The Balaban J connectivity index is 2.11. The van der Waals surface area contributed by atoms with E-state index in [4.69, 9.17) is 11.1 Å². The van der Waals surface area contributed by atoms with Crippen molar-refractivity contribution in [3.8, 4) is 0 Å². The zero-order valence-corrected chi connectivity index (χ0v) is 11.6. The molecule has 5 nitrogen and oxygen atoms in total. The van der Waals surface area contributed by atoms with Crippen molar-refractivity contribution < 1.29 is 0 Å². The Morgan fingerprint density at radius 1 is 1.58 bits per heavy atom. The van der Waals surface area contributed by atoms with Gasteiger partial charge < -0.3 is 10.3 Å². The van der Waals surface area contributed by atoms with Crippen LogP contribution in [0.3, 0.4) is 0 Å². The minimum absolute atomic E-state index is 0.122. The first-order valence-corrected chi connectivity index (χ1v) is 7.75. The Hall–Kier alpha value is -1.47. The molecule has 7 heteroatoms. The van der Waals surface area contributed by atoms with E-state index < -0.39 is 0 Å². The number of nitrogens with zero attached hydrogens (tertiary/aromatic N) is 2. The second-order valence-electron chi connectivity index (χ2n) is 4.23. The summed E-state index contributed by atoms with van der Waals surface area (Å²) in [6.45, 7) is 0. The number of para-hydroxylation sites is 1. The Kier molecular flexibility index (Phi) is 3.24. The molecule has 0 aliphatic carbocycles. The van der Waals surface area contributed by atoms with Crippen molar-refractivity contribution in [1.82, 2.24) is 9.55 Å². The van der Waals surface area contributed by atoms with Crippen molar-refractivity contribution in [2.45, 2.75) is 11.2 Å². The van der Waals surface area contributed by atoms with Gasteiger partial charge in [0.05, 0.1) is 16.9 Å². The average molecular weight is 292 g/mol. The van der Waals surface area contributed by atoms with Gasteiger partial charge in [-0.3, -0.25) is 10.2 Å². The molecular weight excluding hydrogens is 280 g/mol. The molecule has 1 atom stereocenters. The summed E-state index contributed by atoms with van der Waals surface area (Å²) in [6, 6.07) is 7.73. The van der Waals surface area contributed by atoms with Gasteiger partial charge in [0.25, 0.3) is 5.56 Å². The van der Waals surface area contributed by atoms with Crippen LogP contribution in [0, 0.1) is 5.41 Å². The van der Waals surface area contributed by atoms with Gasteiger partial charge in [-0.1, -0.05) is 35.7 Å². The fraction of sp³-hybridized carbons (Fsp3) is 0.250. The van der Waals surface area contributed by atoms with Crippen LogP contribution >= 0.6 is 23.5 Å². The summed E-state index contributed by atoms with van der Waals surface area (Å²) in [7, 11) is 0. The molecule has 1 aliphatic rings. The van der Waals surface area contributed by atoms with Crippen LogP contribution in [0.15, 0.2) is 34.2 Å². The molecule has 19 heavy (non-hydrogen) atoms. The van der Waals surface area contributed by atoms with E-state index in [-0.39, 0.29) is 16.8 Å². The van der Waals surface area contributed by atoms with Gasteiger partial charge in [-0.25, -0.2) is 0 Å². The van der Waals surface area contributed by atoms with Gasteiger partial charge in [0.1, 0.15) is 0 Å². The number of hydrogen-bond donors (Lipinski definition) is 2. The molecule has 1 aromatic heterocycles. The summed E-state index contributed by atoms with van der Waals surface area (Å²) in [5.74, 6) is 1.59. The van der Waals surface area contributed by atoms with Gasteiger partial charge in [-0.05, 0) is 12.1 Å². The number of benzene rings is 1. The number of nitrogens with one attached hydrogen (secondary N) is 1. The summed E-state index contributed by atoms with van der Waals surface area (Å²) >= 11 is 2.91. The smallest absolute Gasteiger partial charge is 0.281 e. The molecule has 0 saturated heterocycles. The zero-order valence-electron chi connectivity index (χ0n) is 10.00. The van der Waals surface area contributed by atoms with Crippen molar-refractivity contribution in [3.05, 3.63) is 34.6 Å². The maximum absolute atomic E-state index is 11.9. The number of amidine groups is 1. The lowest BCUT2D eigenvalue weighted by Gasteiger charge is -2.15. The number of hydrogen-bond acceptors (Lipinski definition) is 5. The van der Waals surface area contributed by atoms with Crippen LogP contribution in [0.5, 0.6) is 0 Å². The van der Waals surface area contributed by atoms with Crippen LogP contribution in [-0.4, -0.2) is 26.2 Å². The van der Waals surface area contributed by atoms with Crippen LogP contribution in [-0.2, 0) is 0 Å². The molecule has 2 heterocycles. The lowest BCUT2D eigenvalue weighted by Crippen LogP contribution is -2.18. The standard InChI is InChI=1S/C12H12N4OS2/c13-11(14)18-5-7-6-19-12-15-10(17)8-3-1-2-4-9(8)16(7)12/h1-4,7H,5-6H2,(H3,13,14). The first kappa shape index (κ1) is 12.6. The Bertz CT molecular complexity index is 712. The maximum atomic E-state index is 11.9. The van der Waals surface area contributed by atoms with Crippen LogP contribution < -0.4 is 11.3 Å². The second kappa shape index (κ2) is 4.90. The number of rotatable bonds is 2. The van der Waals surface area contributed by atoms with Crippen molar-refractivity contribution in [3.63, 3.8) is 0 Å². The van der Waals surface area contributed by atoms with Crippen molar-refractivity contribution in [1.29, 1.82) is 5.41 Å². The highest BCUT2D eigenvalue weighted by Gasteiger charge is 2.25. The van der Waals surface area contributed by atoms with Crippen LogP contribution in [0.2, 0.25) is 0 Å². The van der Waals surface area contributed by atoms with E-state index in [1.165, 1.54) is 11.8 Å². The zero-order chi connectivity index (χ0) is 13.4. The van der Waals surface area contributed by atoms with Gasteiger partial charge in [-0.2, -0.15) is 4.98 Å². The highest BCUT2D eigenvalue weighted by Crippen LogP contribution is 2.35.